The van der Waals surface area contributed by atoms with E-state index in [1.54, 1.807) is 0 Å². The van der Waals surface area contributed by atoms with Crippen LogP contribution in [-0.4, -0.2) is 25.3 Å². The van der Waals surface area contributed by atoms with E-state index in [0.717, 1.165) is 10.9 Å². The maximum atomic E-state index is 5.98. The van der Waals surface area contributed by atoms with Gasteiger partial charge in [-0.1, -0.05) is 35.0 Å². The van der Waals surface area contributed by atoms with Crippen molar-refractivity contribution in [2.24, 2.45) is 11.8 Å². The number of ether oxygens (including phenoxy) is 1. The topological polar surface area (TPSA) is 21.3 Å². The van der Waals surface area contributed by atoms with Crippen LogP contribution in [0.4, 0.5) is 0 Å². The highest BCUT2D eigenvalue weighted by Crippen LogP contribution is 2.35. The lowest BCUT2D eigenvalue weighted by Crippen LogP contribution is -2.41. The standard InChI is InChI=1S/C16H24BrNO/c1-10-11(2)19-12(3)16(10)15(18-4)9-13-6-5-7-14(17)8-13/h5-8,10-12,15-16,18H,9H2,1-4H3. The van der Waals surface area contributed by atoms with Gasteiger partial charge in [0.15, 0.2) is 0 Å². The van der Waals surface area contributed by atoms with Crippen molar-refractivity contribution in [1.29, 1.82) is 0 Å². The van der Waals surface area contributed by atoms with E-state index in [1.807, 2.05) is 0 Å². The molecule has 3 heteroatoms. The van der Waals surface area contributed by atoms with Gasteiger partial charge in [0.05, 0.1) is 12.2 Å². The van der Waals surface area contributed by atoms with Crippen LogP contribution >= 0.6 is 15.9 Å². The van der Waals surface area contributed by atoms with Gasteiger partial charge in [-0.2, -0.15) is 0 Å². The normalized spacial score (nSPS) is 32.5. The Morgan fingerprint density at radius 2 is 2.00 bits per heavy atom. The van der Waals surface area contributed by atoms with Crippen molar-refractivity contribution < 1.29 is 4.74 Å². The van der Waals surface area contributed by atoms with E-state index in [-0.39, 0.29) is 0 Å². The molecular weight excluding hydrogens is 302 g/mol. The zero-order valence-electron chi connectivity index (χ0n) is 12.2. The minimum atomic E-state index is 0.328. The Labute approximate surface area is 125 Å². The summed E-state index contributed by atoms with van der Waals surface area (Å²) in [6, 6.07) is 9.04. The van der Waals surface area contributed by atoms with Gasteiger partial charge in [-0.15, -0.1) is 0 Å². The van der Waals surface area contributed by atoms with Crippen LogP contribution in [0.2, 0.25) is 0 Å². The van der Waals surface area contributed by atoms with E-state index in [1.165, 1.54) is 5.56 Å². The summed E-state index contributed by atoms with van der Waals surface area (Å²) in [5.74, 6) is 1.17. The van der Waals surface area contributed by atoms with Crippen LogP contribution < -0.4 is 5.32 Å². The predicted octanol–water partition coefficient (Wildman–Crippen LogP) is 3.64. The third kappa shape index (κ3) is 3.39. The van der Waals surface area contributed by atoms with E-state index < -0.39 is 0 Å². The summed E-state index contributed by atoms with van der Waals surface area (Å²) in [7, 11) is 2.06. The van der Waals surface area contributed by atoms with Gasteiger partial charge in [-0.05, 0) is 50.9 Å². The quantitative estimate of drug-likeness (QED) is 0.912. The Balaban J connectivity index is 2.12. The van der Waals surface area contributed by atoms with Crippen molar-refractivity contribution in [2.45, 2.75) is 45.4 Å². The number of rotatable bonds is 4. The summed E-state index contributed by atoms with van der Waals surface area (Å²) in [5, 5.41) is 3.50. The number of halogens is 1. The number of benzene rings is 1. The van der Waals surface area contributed by atoms with E-state index in [2.05, 4.69) is 73.3 Å². The summed E-state index contributed by atoms with van der Waals surface area (Å²) in [4.78, 5) is 0. The molecule has 1 aromatic carbocycles. The second kappa shape index (κ2) is 6.38. The fourth-order valence-electron chi connectivity index (χ4n) is 3.34. The van der Waals surface area contributed by atoms with Crippen molar-refractivity contribution in [3.05, 3.63) is 34.3 Å². The molecule has 0 aliphatic carbocycles. The molecule has 1 N–H and O–H groups in total. The third-order valence-electron chi connectivity index (χ3n) is 4.50. The lowest BCUT2D eigenvalue weighted by Gasteiger charge is -2.29. The highest BCUT2D eigenvalue weighted by molar-refractivity contribution is 9.10. The van der Waals surface area contributed by atoms with Gasteiger partial charge < -0.3 is 10.1 Å². The van der Waals surface area contributed by atoms with Crippen molar-refractivity contribution in [3.8, 4) is 0 Å². The first kappa shape index (κ1) is 15.0. The van der Waals surface area contributed by atoms with Crippen LogP contribution in [0, 0.1) is 11.8 Å². The van der Waals surface area contributed by atoms with Gasteiger partial charge in [-0.3, -0.25) is 0 Å². The third-order valence-corrected chi connectivity index (χ3v) is 4.99. The molecule has 0 aromatic heterocycles. The smallest absolute Gasteiger partial charge is 0.0597 e. The van der Waals surface area contributed by atoms with Gasteiger partial charge in [-0.25, -0.2) is 0 Å². The molecule has 2 nitrogen and oxygen atoms in total. The van der Waals surface area contributed by atoms with E-state index in [4.69, 9.17) is 4.74 Å². The molecule has 0 spiro atoms. The first-order valence-corrected chi connectivity index (χ1v) is 7.89. The Kier molecular flexibility index (Phi) is 5.04. The van der Waals surface area contributed by atoms with E-state index in [9.17, 15) is 0 Å². The molecule has 5 atom stereocenters. The van der Waals surface area contributed by atoms with Crippen molar-refractivity contribution in [3.63, 3.8) is 0 Å². The molecule has 2 rings (SSSR count). The molecule has 1 aliphatic heterocycles. The second-order valence-electron chi connectivity index (χ2n) is 5.71. The summed E-state index contributed by atoms with van der Waals surface area (Å²) >= 11 is 3.55. The van der Waals surface area contributed by atoms with E-state index >= 15 is 0 Å². The first-order chi connectivity index (χ1) is 9.02. The fourth-order valence-corrected chi connectivity index (χ4v) is 3.78. The summed E-state index contributed by atoms with van der Waals surface area (Å²) in [5.41, 5.74) is 1.37. The van der Waals surface area contributed by atoms with Gasteiger partial charge >= 0.3 is 0 Å². The van der Waals surface area contributed by atoms with Gasteiger partial charge in [0.2, 0.25) is 0 Å². The molecule has 106 valence electrons. The molecule has 0 radical (unpaired) electrons. The molecule has 1 heterocycles. The molecule has 19 heavy (non-hydrogen) atoms. The van der Waals surface area contributed by atoms with Gasteiger partial charge in [0.1, 0.15) is 0 Å². The van der Waals surface area contributed by atoms with Crippen LogP contribution in [0.1, 0.15) is 26.3 Å². The van der Waals surface area contributed by atoms with E-state index in [0.29, 0.717) is 30.1 Å². The zero-order valence-corrected chi connectivity index (χ0v) is 13.8. The Hall–Kier alpha value is -0.380. The second-order valence-corrected chi connectivity index (χ2v) is 6.63. The average Bonchev–Trinajstić information content (AvgIpc) is 2.61. The molecule has 0 saturated carbocycles. The van der Waals surface area contributed by atoms with Crippen LogP contribution in [0.3, 0.4) is 0 Å². The molecule has 1 fully saturated rings. The SMILES string of the molecule is CNC(Cc1cccc(Br)c1)C1C(C)OC(C)C1C. The molecule has 0 bridgehead atoms. The summed E-state index contributed by atoms with van der Waals surface area (Å²) < 4.78 is 7.13. The summed E-state index contributed by atoms with van der Waals surface area (Å²) in [6.45, 7) is 6.70. The number of nitrogens with one attached hydrogen (secondary N) is 1. The monoisotopic (exact) mass is 325 g/mol. The number of hydrogen-bond donors (Lipinski definition) is 1. The molecule has 1 saturated heterocycles. The van der Waals surface area contributed by atoms with Gasteiger partial charge in [0, 0.05) is 16.4 Å². The highest BCUT2D eigenvalue weighted by Gasteiger charge is 2.40. The molecule has 1 aromatic rings. The maximum absolute atomic E-state index is 5.98. The Morgan fingerprint density at radius 1 is 1.26 bits per heavy atom. The van der Waals surface area contributed by atoms with Crippen LogP contribution in [0.15, 0.2) is 28.7 Å². The van der Waals surface area contributed by atoms with Gasteiger partial charge in [0.25, 0.3) is 0 Å². The molecular formula is C16H24BrNO. The molecule has 5 unspecified atom stereocenters. The fraction of sp³-hybridized carbons (Fsp3) is 0.625. The largest absolute Gasteiger partial charge is 0.375 e. The molecule has 0 amide bonds. The molecule has 1 aliphatic rings. The number of likely N-dealkylation sites (N-methyl/N-ethyl adjacent to an activating group) is 1. The predicted molar refractivity (Wildman–Crippen MR) is 83.4 cm³/mol. The number of hydrogen-bond acceptors (Lipinski definition) is 2. The Morgan fingerprint density at radius 3 is 2.53 bits per heavy atom. The average molecular weight is 326 g/mol. The minimum absolute atomic E-state index is 0.328. The lowest BCUT2D eigenvalue weighted by atomic mass is 9.81. The summed E-state index contributed by atoms with van der Waals surface area (Å²) in [6.07, 6.45) is 1.73. The van der Waals surface area contributed by atoms with Crippen LogP contribution in [-0.2, 0) is 11.2 Å². The zero-order chi connectivity index (χ0) is 14.0. The highest BCUT2D eigenvalue weighted by atomic mass is 79.9. The lowest BCUT2D eigenvalue weighted by molar-refractivity contribution is 0.0479. The van der Waals surface area contributed by atoms with Crippen LogP contribution in [0.5, 0.6) is 0 Å². The van der Waals surface area contributed by atoms with Crippen molar-refractivity contribution in [2.75, 3.05) is 7.05 Å². The minimum Gasteiger partial charge on any atom is -0.375 e. The maximum Gasteiger partial charge on any atom is 0.0597 e. The van der Waals surface area contributed by atoms with Crippen molar-refractivity contribution >= 4 is 15.9 Å². The Bertz CT molecular complexity index is 423. The van der Waals surface area contributed by atoms with Crippen LogP contribution in [0.25, 0.3) is 0 Å². The first-order valence-electron chi connectivity index (χ1n) is 7.10. The van der Waals surface area contributed by atoms with Crippen molar-refractivity contribution in [1.82, 2.24) is 5.32 Å².